The molecule has 0 unspecified atom stereocenters. The van der Waals surface area contributed by atoms with Crippen molar-refractivity contribution >= 4 is 33.1 Å². The fraction of sp³-hybridized carbons (Fsp3) is 0.267. The Morgan fingerprint density at radius 1 is 1.09 bits per heavy atom. The average molecular weight is 363 g/mol. The molecule has 2 heterocycles. The number of pyridine rings is 1. The second-order valence-electron chi connectivity index (χ2n) is 5.05. The van der Waals surface area contributed by atoms with Crippen LogP contribution in [0.15, 0.2) is 47.1 Å². The predicted octanol–water partition coefficient (Wildman–Crippen LogP) is 3.08. The number of benzene rings is 1. The van der Waals surface area contributed by atoms with E-state index in [1.165, 1.54) is 0 Å². The molecule has 22 heavy (non-hydrogen) atoms. The molecule has 1 aliphatic heterocycles. The van der Waals surface area contributed by atoms with Crippen molar-refractivity contribution in [3.63, 3.8) is 0 Å². The Labute approximate surface area is 136 Å². The fourth-order valence-electron chi connectivity index (χ4n) is 2.62. The number of anilines is 2. The third kappa shape index (κ3) is 3.04. The van der Waals surface area contributed by atoms with Crippen LogP contribution in [0.2, 0.25) is 0 Å². The normalized spacial score (nSPS) is 15.0. The van der Waals surface area contributed by atoms with Gasteiger partial charge in [0.1, 0.15) is 11.5 Å². The molecular formula is C15H15BrN4O2. The van der Waals surface area contributed by atoms with Gasteiger partial charge in [0.05, 0.1) is 4.92 Å². The van der Waals surface area contributed by atoms with E-state index in [1.54, 1.807) is 18.3 Å². The summed E-state index contributed by atoms with van der Waals surface area (Å²) in [7, 11) is 0. The smallest absolute Gasteiger partial charge is 0.292 e. The number of nitrogens with zero attached hydrogens (tertiary/aromatic N) is 4. The first-order valence-corrected chi connectivity index (χ1v) is 7.79. The quantitative estimate of drug-likeness (QED) is 0.620. The summed E-state index contributed by atoms with van der Waals surface area (Å²) in [5.74, 6) is 0.950. The van der Waals surface area contributed by atoms with Crippen molar-refractivity contribution in [3.8, 4) is 0 Å². The van der Waals surface area contributed by atoms with Crippen LogP contribution in [0.4, 0.5) is 17.2 Å². The molecule has 3 rings (SSSR count). The molecule has 0 amide bonds. The van der Waals surface area contributed by atoms with Crippen LogP contribution < -0.4 is 9.80 Å². The lowest BCUT2D eigenvalue weighted by Crippen LogP contribution is -2.47. The molecule has 6 nitrogen and oxygen atoms in total. The monoisotopic (exact) mass is 362 g/mol. The molecule has 0 atom stereocenters. The van der Waals surface area contributed by atoms with Gasteiger partial charge < -0.3 is 9.80 Å². The number of aromatic nitrogens is 1. The summed E-state index contributed by atoms with van der Waals surface area (Å²) in [6.07, 6.45) is 1.78. The van der Waals surface area contributed by atoms with E-state index in [0.717, 1.165) is 36.5 Å². The maximum Gasteiger partial charge on any atom is 0.292 e. The van der Waals surface area contributed by atoms with E-state index in [-0.39, 0.29) is 10.6 Å². The zero-order valence-corrected chi connectivity index (χ0v) is 13.4. The molecule has 1 aliphatic rings. The summed E-state index contributed by atoms with van der Waals surface area (Å²) in [6.45, 7) is 3.04. The highest BCUT2D eigenvalue weighted by atomic mass is 79.9. The molecule has 0 spiro atoms. The number of nitro benzene ring substituents is 1. The van der Waals surface area contributed by atoms with Gasteiger partial charge >= 0.3 is 0 Å². The lowest BCUT2D eigenvalue weighted by molar-refractivity contribution is -0.384. The first-order valence-electron chi connectivity index (χ1n) is 7.00. The molecule has 1 aromatic heterocycles. The molecule has 1 saturated heterocycles. The number of hydrogen-bond donors (Lipinski definition) is 0. The highest BCUT2D eigenvalue weighted by Gasteiger charge is 2.24. The topological polar surface area (TPSA) is 62.5 Å². The molecular weight excluding hydrogens is 348 g/mol. The molecule has 0 aliphatic carbocycles. The average Bonchev–Trinajstić information content (AvgIpc) is 2.55. The van der Waals surface area contributed by atoms with Crippen molar-refractivity contribution in [1.82, 2.24) is 4.98 Å². The van der Waals surface area contributed by atoms with Crippen LogP contribution in [0.1, 0.15) is 0 Å². The second-order valence-corrected chi connectivity index (χ2v) is 5.97. The molecule has 7 heteroatoms. The fourth-order valence-corrected chi connectivity index (χ4v) is 2.97. The summed E-state index contributed by atoms with van der Waals surface area (Å²) >= 11 is 3.39. The number of halogens is 1. The van der Waals surface area contributed by atoms with Crippen LogP contribution in [-0.2, 0) is 0 Å². The van der Waals surface area contributed by atoms with Crippen LogP contribution in [0.25, 0.3) is 0 Å². The number of hydrogen-bond acceptors (Lipinski definition) is 5. The lowest BCUT2D eigenvalue weighted by Gasteiger charge is -2.36. The summed E-state index contributed by atoms with van der Waals surface area (Å²) < 4.78 is 0.847. The van der Waals surface area contributed by atoms with E-state index < -0.39 is 0 Å². The van der Waals surface area contributed by atoms with Gasteiger partial charge in [-0.1, -0.05) is 22.0 Å². The summed E-state index contributed by atoms with van der Waals surface area (Å²) in [4.78, 5) is 19.5. The highest BCUT2D eigenvalue weighted by Crippen LogP contribution is 2.32. The van der Waals surface area contributed by atoms with Crippen molar-refractivity contribution in [3.05, 3.63) is 57.2 Å². The first kappa shape index (κ1) is 14.8. The minimum atomic E-state index is -0.326. The van der Waals surface area contributed by atoms with Crippen molar-refractivity contribution < 1.29 is 4.92 Å². The van der Waals surface area contributed by atoms with Crippen molar-refractivity contribution in [1.29, 1.82) is 0 Å². The van der Waals surface area contributed by atoms with E-state index in [2.05, 4.69) is 30.7 Å². The van der Waals surface area contributed by atoms with Gasteiger partial charge in [0.2, 0.25) is 0 Å². The van der Waals surface area contributed by atoms with Crippen molar-refractivity contribution in [2.45, 2.75) is 0 Å². The Morgan fingerprint density at radius 3 is 2.45 bits per heavy atom. The van der Waals surface area contributed by atoms with E-state index in [1.807, 2.05) is 24.3 Å². The SMILES string of the molecule is O=[N+]([O-])c1ccc(Br)cc1N1CCN(c2ccccn2)CC1. The third-order valence-electron chi connectivity index (χ3n) is 3.73. The van der Waals surface area contributed by atoms with E-state index in [0.29, 0.717) is 5.69 Å². The van der Waals surface area contributed by atoms with Gasteiger partial charge in [-0.15, -0.1) is 0 Å². The van der Waals surface area contributed by atoms with Crippen LogP contribution in [-0.4, -0.2) is 36.1 Å². The van der Waals surface area contributed by atoms with Crippen molar-refractivity contribution in [2.24, 2.45) is 0 Å². The van der Waals surface area contributed by atoms with Gasteiger partial charge in [0.15, 0.2) is 0 Å². The summed E-state index contributed by atoms with van der Waals surface area (Å²) in [5.41, 5.74) is 0.814. The molecule has 1 aromatic carbocycles. The summed E-state index contributed by atoms with van der Waals surface area (Å²) in [6, 6.07) is 10.9. The zero-order valence-electron chi connectivity index (χ0n) is 11.9. The maximum absolute atomic E-state index is 11.2. The van der Waals surface area contributed by atoms with E-state index in [4.69, 9.17) is 0 Å². The zero-order chi connectivity index (χ0) is 15.5. The Balaban J connectivity index is 1.77. The van der Waals surface area contributed by atoms with E-state index in [9.17, 15) is 10.1 Å². The first-order chi connectivity index (χ1) is 10.6. The number of nitro groups is 1. The minimum absolute atomic E-state index is 0.148. The largest absolute Gasteiger partial charge is 0.362 e. The van der Waals surface area contributed by atoms with Gasteiger partial charge in [-0.3, -0.25) is 10.1 Å². The van der Waals surface area contributed by atoms with Crippen LogP contribution in [0.3, 0.4) is 0 Å². The molecule has 1 fully saturated rings. The van der Waals surface area contributed by atoms with Gasteiger partial charge in [0, 0.05) is 42.9 Å². The summed E-state index contributed by atoms with van der Waals surface area (Å²) in [5, 5.41) is 11.2. The molecule has 0 saturated carbocycles. The van der Waals surface area contributed by atoms with Gasteiger partial charge in [-0.2, -0.15) is 0 Å². The number of rotatable bonds is 3. The molecule has 2 aromatic rings. The van der Waals surface area contributed by atoms with Gasteiger partial charge in [-0.25, -0.2) is 4.98 Å². The molecule has 0 N–H and O–H groups in total. The molecule has 0 radical (unpaired) electrons. The Kier molecular flexibility index (Phi) is 4.24. The lowest BCUT2D eigenvalue weighted by atomic mass is 10.2. The predicted molar refractivity (Wildman–Crippen MR) is 89.5 cm³/mol. The van der Waals surface area contributed by atoms with E-state index >= 15 is 0 Å². The Hall–Kier alpha value is -2.15. The van der Waals surface area contributed by atoms with Crippen LogP contribution >= 0.6 is 15.9 Å². The van der Waals surface area contributed by atoms with Crippen molar-refractivity contribution in [2.75, 3.05) is 36.0 Å². The third-order valence-corrected chi connectivity index (χ3v) is 4.22. The second kappa shape index (κ2) is 6.31. The Morgan fingerprint density at radius 2 is 1.82 bits per heavy atom. The molecule has 0 bridgehead atoms. The van der Waals surface area contributed by atoms with Crippen LogP contribution in [0, 0.1) is 10.1 Å². The van der Waals surface area contributed by atoms with Gasteiger partial charge in [-0.05, 0) is 24.3 Å². The van der Waals surface area contributed by atoms with Crippen LogP contribution in [0.5, 0.6) is 0 Å². The Bertz CT molecular complexity index is 672. The minimum Gasteiger partial charge on any atom is -0.362 e. The molecule has 114 valence electrons. The maximum atomic E-state index is 11.2. The standard InChI is InChI=1S/C15H15BrN4O2/c16-12-4-5-13(20(21)22)14(11-12)18-7-9-19(10-8-18)15-3-1-2-6-17-15/h1-6,11H,7-10H2. The number of piperazine rings is 1. The highest BCUT2D eigenvalue weighted by molar-refractivity contribution is 9.10. The van der Waals surface area contributed by atoms with Gasteiger partial charge in [0.25, 0.3) is 5.69 Å².